The number of carbonyl (C=O) groups excluding carboxylic acids is 1. The highest BCUT2D eigenvalue weighted by atomic mass is 35.5. The Balaban J connectivity index is 1.51. The molecule has 1 aliphatic rings. The molecule has 172 valence electrons. The minimum atomic E-state index is -0.379. The molecule has 1 N–H and O–H groups in total. The van der Waals surface area contributed by atoms with E-state index in [-0.39, 0.29) is 12.0 Å². The molecule has 0 bridgehead atoms. The molecule has 1 unspecified atom stereocenters. The molecule has 0 saturated carbocycles. The van der Waals surface area contributed by atoms with Crippen LogP contribution in [0, 0.1) is 0 Å². The summed E-state index contributed by atoms with van der Waals surface area (Å²) in [6, 6.07) is 18.2. The number of pyridine rings is 1. The van der Waals surface area contributed by atoms with Crippen molar-refractivity contribution >= 4 is 17.6 Å². The van der Waals surface area contributed by atoms with Gasteiger partial charge in [-0.05, 0) is 49.2 Å². The predicted molar refractivity (Wildman–Crippen MR) is 129 cm³/mol. The zero-order valence-corrected chi connectivity index (χ0v) is 19.3. The summed E-state index contributed by atoms with van der Waals surface area (Å²) in [5.41, 5.74) is 3.93. The molecule has 7 nitrogen and oxygen atoms in total. The molecule has 8 heteroatoms. The van der Waals surface area contributed by atoms with Gasteiger partial charge in [-0.25, -0.2) is 9.78 Å². The van der Waals surface area contributed by atoms with Crippen LogP contribution < -0.4 is 4.74 Å². The molecule has 1 atom stereocenters. The van der Waals surface area contributed by atoms with E-state index in [0.29, 0.717) is 22.9 Å². The van der Waals surface area contributed by atoms with Gasteiger partial charge in [-0.2, -0.15) is 0 Å². The second-order valence-electron chi connectivity index (χ2n) is 7.97. The number of nitrogens with one attached hydrogen (secondary N) is 1. The minimum absolute atomic E-state index is 0.184. The fraction of sp³-hybridized carbons (Fsp3) is 0.192. The van der Waals surface area contributed by atoms with Crippen molar-refractivity contribution in [2.24, 2.45) is 0 Å². The maximum Gasteiger partial charge on any atom is 0.357 e. The van der Waals surface area contributed by atoms with Crippen LogP contribution in [0.3, 0.4) is 0 Å². The SMILES string of the molecule is COc1cc(-c2nc(C3CCCN3OC(=O)c3ccccc3)[nH]c2-c2ccncc2)ccc1Cl. The van der Waals surface area contributed by atoms with E-state index >= 15 is 0 Å². The molecule has 0 radical (unpaired) electrons. The van der Waals surface area contributed by atoms with Gasteiger partial charge in [0, 0.05) is 30.1 Å². The van der Waals surface area contributed by atoms with Crippen LogP contribution in [0.1, 0.15) is 35.1 Å². The van der Waals surface area contributed by atoms with Crippen LogP contribution in [-0.4, -0.2) is 39.6 Å². The van der Waals surface area contributed by atoms with E-state index < -0.39 is 0 Å². The number of benzene rings is 2. The van der Waals surface area contributed by atoms with E-state index in [9.17, 15) is 4.79 Å². The normalized spacial score (nSPS) is 15.9. The van der Waals surface area contributed by atoms with Crippen LogP contribution in [-0.2, 0) is 4.84 Å². The van der Waals surface area contributed by atoms with Crippen molar-refractivity contribution in [3.8, 4) is 28.3 Å². The fourth-order valence-electron chi connectivity index (χ4n) is 4.15. The minimum Gasteiger partial charge on any atom is -0.495 e. The molecule has 0 spiro atoms. The Morgan fingerprint density at radius 1 is 1.09 bits per heavy atom. The van der Waals surface area contributed by atoms with Crippen LogP contribution in [0.4, 0.5) is 0 Å². The van der Waals surface area contributed by atoms with E-state index in [1.807, 2.05) is 42.5 Å². The van der Waals surface area contributed by atoms with E-state index in [0.717, 1.165) is 41.2 Å². The highest BCUT2D eigenvalue weighted by molar-refractivity contribution is 6.32. The Morgan fingerprint density at radius 2 is 1.88 bits per heavy atom. The van der Waals surface area contributed by atoms with Gasteiger partial charge in [0.05, 0.1) is 29.1 Å². The lowest BCUT2D eigenvalue weighted by atomic mass is 10.1. The van der Waals surface area contributed by atoms with Gasteiger partial charge in [0.15, 0.2) is 0 Å². The molecule has 34 heavy (non-hydrogen) atoms. The molecule has 0 aliphatic carbocycles. The quantitative estimate of drug-likeness (QED) is 0.385. The average Bonchev–Trinajstić information content (AvgIpc) is 3.52. The molecule has 1 aliphatic heterocycles. The van der Waals surface area contributed by atoms with Gasteiger partial charge < -0.3 is 14.6 Å². The largest absolute Gasteiger partial charge is 0.495 e. The van der Waals surface area contributed by atoms with E-state index in [1.54, 1.807) is 42.8 Å². The third-order valence-corrected chi connectivity index (χ3v) is 6.16. The smallest absolute Gasteiger partial charge is 0.357 e. The number of hydroxylamine groups is 2. The highest BCUT2D eigenvalue weighted by Crippen LogP contribution is 2.38. The second kappa shape index (κ2) is 9.67. The lowest BCUT2D eigenvalue weighted by Gasteiger charge is -2.21. The Bertz CT molecular complexity index is 1290. The van der Waals surface area contributed by atoms with Crippen LogP contribution in [0.25, 0.3) is 22.5 Å². The monoisotopic (exact) mass is 474 g/mol. The number of carbonyl (C=O) groups is 1. The summed E-state index contributed by atoms with van der Waals surface area (Å²) in [6.07, 6.45) is 5.19. The highest BCUT2D eigenvalue weighted by Gasteiger charge is 2.33. The summed E-state index contributed by atoms with van der Waals surface area (Å²) >= 11 is 6.25. The molecule has 1 saturated heterocycles. The van der Waals surface area contributed by atoms with E-state index in [4.69, 9.17) is 26.2 Å². The zero-order chi connectivity index (χ0) is 23.5. The first-order valence-electron chi connectivity index (χ1n) is 11.0. The number of imidazole rings is 1. The molecule has 2 aromatic carbocycles. The molecule has 3 heterocycles. The fourth-order valence-corrected chi connectivity index (χ4v) is 4.34. The van der Waals surface area contributed by atoms with Gasteiger partial charge >= 0.3 is 5.97 Å². The van der Waals surface area contributed by atoms with Crippen LogP contribution in [0.5, 0.6) is 5.75 Å². The summed E-state index contributed by atoms with van der Waals surface area (Å²) in [6.45, 7) is 0.638. The van der Waals surface area contributed by atoms with Crippen LogP contribution in [0.15, 0.2) is 73.1 Å². The van der Waals surface area contributed by atoms with Gasteiger partial charge in [0.2, 0.25) is 0 Å². The van der Waals surface area contributed by atoms with E-state index in [2.05, 4.69) is 9.97 Å². The van der Waals surface area contributed by atoms with E-state index in [1.165, 1.54) is 0 Å². The summed E-state index contributed by atoms with van der Waals surface area (Å²) in [5, 5.41) is 2.25. The van der Waals surface area contributed by atoms with Gasteiger partial charge in [0.25, 0.3) is 0 Å². The van der Waals surface area contributed by atoms with Gasteiger partial charge in [-0.1, -0.05) is 35.9 Å². The molecule has 1 fully saturated rings. The lowest BCUT2D eigenvalue weighted by Crippen LogP contribution is -2.27. The van der Waals surface area contributed by atoms with Gasteiger partial charge in [-0.15, -0.1) is 5.06 Å². The van der Waals surface area contributed by atoms with Gasteiger partial charge in [-0.3, -0.25) is 4.98 Å². The summed E-state index contributed by atoms with van der Waals surface area (Å²) < 4.78 is 5.42. The number of rotatable bonds is 6. The maximum absolute atomic E-state index is 12.7. The first kappa shape index (κ1) is 22.1. The van der Waals surface area contributed by atoms with Crippen LogP contribution in [0.2, 0.25) is 5.02 Å². The number of aromatic amines is 1. The van der Waals surface area contributed by atoms with Crippen molar-refractivity contribution < 1.29 is 14.4 Å². The molecule has 0 amide bonds. The number of halogens is 1. The molecule has 5 rings (SSSR count). The number of H-pyrrole nitrogens is 1. The Morgan fingerprint density at radius 3 is 2.65 bits per heavy atom. The van der Waals surface area contributed by atoms with Crippen LogP contribution >= 0.6 is 11.6 Å². The first-order chi connectivity index (χ1) is 16.6. The predicted octanol–water partition coefficient (Wildman–Crippen LogP) is 5.71. The average molecular weight is 475 g/mol. The Kier molecular flexibility index (Phi) is 6.29. The van der Waals surface area contributed by atoms with Crippen molar-refractivity contribution in [2.75, 3.05) is 13.7 Å². The molecular formula is C26H23ClN4O3. The number of ether oxygens (including phenoxy) is 1. The Labute approximate surface area is 202 Å². The zero-order valence-electron chi connectivity index (χ0n) is 18.6. The number of methoxy groups -OCH3 is 1. The topological polar surface area (TPSA) is 80.3 Å². The Hall–Kier alpha value is -3.68. The molecule has 4 aromatic rings. The van der Waals surface area contributed by atoms with Crippen molar-refractivity contribution in [3.63, 3.8) is 0 Å². The standard InChI is InChI=1S/C26H23ClN4O3/c1-33-22-16-19(9-10-20(22)27)24-23(17-11-13-28-14-12-17)29-25(30-24)21-8-5-15-31(21)34-26(32)18-6-3-2-4-7-18/h2-4,6-7,9-14,16,21H,5,8,15H2,1H3,(H,29,30). The summed E-state index contributed by atoms with van der Waals surface area (Å²) in [7, 11) is 1.59. The van der Waals surface area contributed by atoms with Crippen molar-refractivity contribution in [3.05, 3.63) is 89.5 Å². The maximum atomic E-state index is 12.7. The summed E-state index contributed by atoms with van der Waals surface area (Å²) in [5.74, 6) is 0.925. The third-order valence-electron chi connectivity index (χ3n) is 5.84. The number of hydrogen-bond donors (Lipinski definition) is 1. The second-order valence-corrected chi connectivity index (χ2v) is 8.38. The number of aromatic nitrogens is 3. The third kappa shape index (κ3) is 4.40. The summed E-state index contributed by atoms with van der Waals surface area (Å²) in [4.78, 5) is 31.0. The van der Waals surface area contributed by atoms with Crippen molar-refractivity contribution in [2.45, 2.75) is 18.9 Å². The van der Waals surface area contributed by atoms with Crippen molar-refractivity contribution in [1.82, 2.24) is 20.0 Å². The first-order valence-corrected chi connectivity index (χ1v) is 11.4. The molecule has 2 aromatic heterocycles. The number of nitrogens with zero attached hydrogens (tertiary/aromatic N) is 3. The number of hydrogen-bond acceptors (Lipinski definition) is 6. The van der Waals surface area contributed by atoms with Crippen molar-refractivity contribution in [1.29, 1.82) is 0 Å². The molecular weight excluding hydrogens is 452 g/mol. The lowest BCUT2D eigenvalue weighted by molar-refractivity contribution is -0.121. The van der Waals surface area contributed by atoms with Gasteiger partial charge in [0.1, 0.15) is 17.6 Å².